The largest absolute Gasteiger partial charge is 0.480 e. The number of thioether (sulfide) groups is 1. The normalized spacial score (nSPS) is 11.2. The molecule has 0 spiro atoms. The Morgan fingerprint density at radius 3 is 2.12 bits per heavy atom. The van der Waals surface area contributed by atoms with Gasteiger partial charge in [-0.15, -0.1) is 0 Å². The van der Waals surface area contributed by atoms with Crippen LogP contribution in [0.15, 0.2) is 0 Å². The van der Waals surface area contributed by atoms with Crippen LogP contribution in [0.3, 0.4) is 0 Å². The van der Waals surface area contributed by atoms with E-state index >= 15 is 0 Å². The summed E-state index contributed by atoms with van der Waals surface area (Å²) < 4.78 is 0. The molecule has 0 heterocycles. The van der Waals surface area contributed by atoms with Crippen molar-refractivity contribution < 1.29 is 29.1 Å². The van der Waals surface area contributed by atoms with Gasteiger partial charge in [0, 0.05) is 6.92 Å². The lowest BCUT2D eigenvalue weighted by atomic mass is 10.1. The first kappa shape index (κ1) is 21.9. The number of carboxylic acid groups (broad SMARTS) is 1. The summed E-state index contributed by atoms with van der Waals surface area (Å²) in [6, 6.07) is -0.988. The summed E-state index contributed by atoms with van der Waals surface area (Å²) in [5.41, 5.74) is 0. The Kier molecular flexibility index (Phi) is 11.3. The highest BCUT2D eigenvalue weighted by Crippen LogP contribution is 2.00. The molecule has 0 aromatic heterocycles. The Morgan fingerprint density at radius 2 is 1.58 bits per heavy atom. The van der Waals surface area contributed by atoms with Gasteiger partial charge in [-0.2, -0.15) is 0 Å². The quantitative estimate of drug-likeness (QED) is 0.380. The Hall–Kier alpha value is -2.10. The van der Waals surface area contributed by atoms with Crippen LogP contribution in [-0.2, 0) is 24.0 Å². The number of carbonyl (C=O) groups is 5. The van der Waals surface area contributed by atoms with E-state index in [9.17, 15) is 24.0 Å². The second kappa shape index (κ2) is 12.3. The topological polar surface area (TPSA) is 142 Å². The van der Waals surface area contributed by atoms with E-state index in [2.05, 4.69) is 16.0 Å². The molecule has 10 heteroatoms. The fourth-order valence-corrected chi connectivity index (χ4v) is 1.99. The fraction of sp³-hybridized carbons (Fsp3) is 0.643. The first-order chi connectivity index (χ1) is 11.3. The van der Waals surface area contributed by atoms with Gasteiger partial charge in [-0.25, -0.2) is 4.79 Å². The lowest BCUT2D eigenvalue weighted by Gasteiger charge is -2.14. The monoisotopic (exact) mass is 361 g/mol. The van der Waals surface area contributed by atoms with E-state index in [1.807, 2.05) is 6.92 Å². The van der Waals surface area contributed by atoms with E-state index in [1.54, 1.807) is 0 Å². The number of nitrogens with one attached hydrogen (secondary N) is 3. The van der Waals surface area contributed by atoms with E-state index < -0.39 is 29.7 Å². The number of hydrogen-bond donors (Lipinski definition) is 4. The molecular weight excluding hydrogens is 338 g/mol. The first-order valence-corrected chi connectivity index (χ1v) is 8.43. The molecule has 0 saturated heterocycles. The predicted octanol–water partition coefficient (Wildman–Crippen LogP) is -0.742. The highest BCUT2D eigenvalue weighted by atomic mass is 32.2. The Morgan fingerprint density at radius 1 is 1.00 bits per heavy atom. The Labute approximate surface area is 144 Å². The zero-order valence-electron chi connectivity index (χ0n) is 13.7. The van der Waals surface area contributed by atoms with E-state index in [-0.39, 0.29) is 24.0 Å². The zero-order valence-corrected chi connectivity index (χ0v) is 14.5. The van der Waals surface area contributed by atoms with Gasteiger partial charge in [0.1, 0.15) is 6.04 Å². The van der Waals surface area contributed by atoms with Crippen molar-refractivity contribution in [2.45, 2.75) is 39.2 Å². The standard InChI is InChI=1S/C14H23N3O6S/c1-3-4-5-10(14(22)23)17-12(20)7-15-11(19)6-16-13(21)8-24-9(2)18/h10H,3-8H2,1-2H3,(H,15,19)(H,16,21)(H,17,20)(H,22,23). The van der Waals surface area contributed by atoms with Gasteiger partial charge in [0.2, 0.25) is 17.7 Å². The van der Waals surface area contributed by atoms with Gasteiger partial charge >= 0.3 is 5.97 Å². The molecule has 24 heavy (non-hydrogen) atoms. The van der Waals surface area contributed by atoms with Gasteiger partial charge in [-0.05, 0) is 6.42 Å². The molecule has 0 bridgehead atoms. The number of rotatable bonds is 11. The van der Waals surface area contributed by atoms with E-state index in [0.717, 1.165) is 18.2 Å². The lowest BCUT2D eigenvalue weighted by molar-refractivity contribution is -0.142. The number of carbonyl (C=O) groups excluding carboxylic acids is 4. The van der Waals surface area contributed by atoms with Crippen LogP contribution in [-0.4, -0.2) is 58.8 Å². The molecule has 3 amide bonds. The molecule has 0 fully saturated rings. The summed E-state index contributed by atoms with van der Waals surface area (Å²) in [5, 5.41) is 15.7. The molecule has 0 aliphatic carbocycles. The molecule has 1 atom stereocenters. The van der Waals surface area contributed by atoms with Crippen molar-refractivity contribution in [3.8, 4) is 0 Å². The van der Waals surface area contributed by atoms with E-state index in [0.29, 0.717) is 12.8 Å². The summed E-state index contributed by atoms with van der Waals surface area (Å²) in [6.07, 6.45) is 1.78. The minimum Gasteiger partial charge on any atom is -0.480 e. The number of unbranched alkanes of at least 4 members (excludes halogenated alkanes) is 1. The van der Waals surface area contributed by atoms with Crippen molar-refractivity contribution in [3.05, 3.63) is 0 Å². The molecule has 0 aromatic carbocycles. The summed E-state index contributed by atoms with van der Waals surface area (Å²) >= 11 is 0.823. The van der Waals surface area contributed by atoms with Crippen molar-refractivity contribution in [1.29, 1.82) is 0 Å². The molecule has 0 rings (SSSR count). The molecule has 0 saturated carbocycles. The maximum atomic E-state index is 11.6. The number of aliphatic carboxylic acids is 1. The van der Waals surface area contributed by atoms with Crippen LogP contribution < -0.4 is 16.0 Å². The first-order valence-electron chi connectivity index (χ1n) is 7.45. The molecule has 4 N–H and O–H groups in total. The van der Waals surface area contributed by atoms with Crippen LogP contribution in [0.5, 0.6) is 0 Å². The zero-order chi connectivity index (χ0) is 18.5. The van der Waals surface area contributed by atoms with Gasteiger partial charge in [-0.1, -0.05) is 31.5 Å². The third kappa shape index (κ3) is 11.5. The summed E-state index contributed by atoms with van der Waals surface area (Å²) in [6.45, 7) is 2.52. The number of amides is 3. The summed E-state index contributed by atoms with van der Waals surface area (Å²) in [5.74, 6) is -2.89. The van der Waals surface area contributed by atoms with Crippen LogP contribution >= 0.6 is 11.8 Å². The molecular formula is C14H23N3O6S. The Bertz CT molecular complexity index is 483. The van der Waals surface area contributed by atoms with Crippen molar-refractivity contribution in [1.82, 2.24) is 16.0 Å². The van der Waals surface area contributed by atoms with Gasteiger partial charge in [0.25, 0.3) is 0 Å². The molecule has 0 radical (unpaired) electrons. The van der Waals surface area contributed by atoms with Gasteiger partial charge in [0.05, 0.1) is 18.8 Å². The van der Waals surface area contributed by atoms with Crippen LogP contribution in [0.1, 0.15) is 33.1 Å². The SMILES string of the molecule is CCCCC(NC(=O)CNC(=O)CNC(=O)CSC(C)=O)C(=O)O. The van der Waals surface area contributed by atoms with Crippen molar-refractivity contribution in [2.75, 3.05) is 18.8 Å². The lowest BCUT2D eigenvalue weighted by Crippen LogP contribution is -2.47. The van der Waals surface area contributed by atoms with Crippen molar-refractivity contribution >= 4 is 40.6 Å². The van der Waals surface area contributed by atoms with Gasteiger partial charge < -0.3 is 21.1 Å². The van der Waals surface area contributed by atoms with Gasteiger partial charge in [0.15, 0.2) is 5.12 Å². The minimum atomic E-state index is -1.13. The minimum absolute atomic E-state index is 0.0825. The third-order valence-corrected chi connectivity index (χ3v) is 3.59. The molecule has 1 unspecified atom stereocenters. The number of hydrogen-bond acceptors (Lipinski definition) is 6. The highest BCUT2D eigenvalue weighted by Gasteiger charge is 2.19. The van der Waals surface area contributed by atoms with Gasteiger partial charge in [-0.3, -0.25) is 19.2 Å². The van der Waals surface area contributed by atoms with Crippen LogP contribution in [0.2, 0.25) is 0 Å². The van der Waals surface area contributed by atoms with Crippen LogP contribution in [0, 0.1) is 0 Å². The van der Waals surface area contributed by atoms with E-state index in [1.165, 1.54) is 6.92 Å². The third-order valence-electron chi connectivity index (χ3n) is 2.78. The average molecular weight is 361 g/mol. The van der Waals surface area contributed by atoms with Crippen molar-refractivity contribution in [3.63, 3.8) is 0 Å². The highest BCUT2D eigenvalue weighted by molar-refractivity contribution is 8.14. The van der Waals surface area contributed by atoms with E-state index in [4.69, 9.17) is 5.11 Å². The molecule has 136 valence electrons. The summed E-state index contributed by atoms with van der Waals surface area (Å²) in [4.78, 5) is 56.1. The Balaban J connectivity index is 4.03. The maximum absolute atomic E-state index is 11.6. The predicted molar refractivity (Wildman–Crippen MR) is 88.2 cm³/mol. The van der Waals surface area contributed by atoms with Crippen LogP contribution in [0.4, 0.5) is 0 Å². The summed E-state index contributed by atoms with van der Waals surface area (Å²) in [7, 11) is 0. The second-order valence-electron chi connectivity index (χ2n) is 4.93. The number of carboxylic acids is 1. The maximum Gasteiger partial charge on any atom is 0.326 e. The second-order valence-corrected chi connectivity index (χ2v) is 6.09. The van der Waals surface area contributed by atoms with Crippen LogP contribution in [0.25, 0.3) is 0 Å². The molecule has 0 aromatic rings. The molecule has 9 nitrogen and oxygen atoms in total. The average Bonchev–Trinajstić information content (AvgIpc) is 2.52. The van der Waals surface area contributed by atoms with Crippen molar-refractivity contribution in [2.24, 2.45) is 0 Å². The smallest absolute Gasteiger partial charge is 0.326 e. The molecule has 0 aliphatic heterocycles. The fourth-order valence-electron chi connectivity index (χ4n) is 1.55. The molecule has 0 aliphatic rings.